The van der Waals surface area contributed by atoms with Gasteiger partial charge < -0.3 is 10.2 Å². The highest BCUT2D eigenvalue weighted by atomic mass is 79.9. The van der Waals surface area contributed by atoms with Crippen LogP contribution in [0.3, 0.4) is 0 Å². The van der Waals surface area contributed by atoms with E-state index in [9.17, 15) is 0 Å². The van der Waals surface area contributed by atoms with Crippen LogP contribution in [0.5, 0.6) is 0 Å². The molecule has 16 heavy (non-hydrogen) atoms. The third-order valence-corrected chi connectivity index (χ3v) is 3.77. The summed E-state index contributed by atoms with van der Waals surface area (Å²) >= 11 is 3.35. The molecule has 0 atom stereocenters. The number of hydrogen-bond donors (Lipinski definition) is 1. The Kier molecular flexibility index (Phi) is 3.44. The molecule has 1 aliphatic heterocycles. The van der Waals surface area contributed by atoms with E-state index in [1.54, 1.807) is 12.4 Å². The summed E-state index contributed by atoms with van der Waals surface area (Å²) in [5, 5.41) is 3.39. The maximum atomic E-state index is 4.32. The average molecular weight is 285 g/mol. The first-order valence-electron chi connectivity index (χ1n) is 5.54. The van der Waals surface area contributed by atoms with Crippen LogP contribution in [0.4, 0.5) is 5.95 Å². The number of hydrogen-bond acceptors (Lipinski definition) is 4. The van der Waals surface area contributed by atoms with Crippen molar-refractivity contribution in [2.75, 3.05) is 25.0 Å². The molecule has 1 N–H and O–H groups in total. The molecule has 88 valence electrons. The van der Waals surface area contributed by atoms with Gasteiger partial charge in [0.25, 0.3) is 0 Å². The van der Waals surface area contributed by atoms with Gasteiger partial charge in [-0.1, -0.05) is 0 Å². The Hall–Kier alpha value is -0.680. The minimum atomic E-state index is 0.270. The molecule has 1 aromatic heterocycles. The van der Waals surface area contributed by atoms with Gasteiger partial charge in [0.2, 0.25) is 5.95 Å². The van der Waals surface area contributed by atoms with Crippen LogP contribution in [0.15, 0.2) is 16.9 Å². The summed E-state index contributed by atoms with van der Waals surface area (Å²) in [7, 11) is 2.03. The lowest BCUT2D eigenvalue weighted by molar-refractivity contribution is 0.303. The predicted molar refractivity (Wildman–Crippen MR) is 68.6 cm³/mol. The van der Waals surface area contributed by atoms with Crippen molar-refractivity contribution in [2.24, 2.45) is 0 Å². The molecule has 1 aromatic rings. The molecule has 0 bridgehead atoms. The molecule has 2 rings (SSSR count). The van der Waals surface area contributed by atoms with Crippen molar-refractivity contribution in [2.45, 2.75) is 25.3 Å². The smallest absolute Gasteiger partial charge is 0.225 e. The van der Waals surface area contributed by atoms with Crippen LogP contribution < -0.4 is 10.2 Å². The molecule has 5 heteroatoms. The number of piperidine rings is 1. The maximum absolute atomic E-state index is 4.32. The monoisotopic (exact) mass is 284 g/mol. The maximum Gasteiger partial charge on any atom is 0.225 e. The molecular formula is C11H17BrN4. The zero-order valence-corrected chi connectivity index (χ0v) is 11.3. The summed E-state index contributed by atoms with van der Waals surface area (Å²) in [6.45, 7) is 4.30. The fraction of sp³-hybridized carbons (Fsp3) is 0.636. The lowest BCUT2D eigenvalue weighted by atomic mass is 9.90. The van der Waals surface area contributed by atoms with E-state index in [-0.39, 0.29) is 5.54 Å². The predicted octanol–water partition coefficient (Wildman–Crippen LogP) is 1.82. The van der Waals surface area contributed by atoms with Gasteiger partial charge in [0.15, 0.2) is 0 Å². The molecule has 0 unspecified atom stereocenters. The molecule has 1 saturated heterocycles. The molecule has 1 aliphatic rings. The lowest BCUT2D eigenvalue weighted by Crippen LogP contribution is -2.50. The summed E-state index contributed by atoms with van der Waals surface area (Å²) in [6.07, 6.45) is 5.86. The minimum Gasteiger partial charge on any atom is -0.341 e. The van der Waals surface area contributed by atoms with E-state index in [1.807, 2.05) is 7.05 Å². The third kappa shape index (κ3) is 2.52. The molecule has 4 nitrogen and oxygen atoms in total. The van der Waals surface area contributed by atoms with Crippen LogP contribution in [0.1, 0.15) is 19.8 Å². The molecule has 0 radical (unpaired) electrons. The van der Waals surface area contributed by atoms with Crippen LogP contribution >= 0.6 is 15.9 Å². The summed E-state index contributed by atoms with van der Waals surface area (Å²) in [5.41, 5.74) is 0.270. The second kappa shape index (κ2) is 4.67. The van der Waals surface area contributed by atoms with E-state index < -0.39 is 0 Å². The van der Waals surface area contributed by atoms with Gasteiger partial charge in [-0.2, -0.15) is 0 Å². The zero-order chi connectivity index (χ0) is 11.6. The summed E-state index contributed by atoms with van der Waals surface area (Å²) in [5.74, 6) is 0.835. The van der Waals surface area contributed by atoms with Gasteiger partial charge in [0.05, 0.1) is 4.47 Å². The SMILES string of the molecule is CNC1(C)CCN(c2ncc(Br)cn2)CC1. The Labute approximate surface area is 105 Å². The topological polar surface area (TPSA) is 41.0 Å². The fourth-order valence-electron chi connectivity index (χ4n) is 1.92. The van der Waals surface area contributed by atoms with Crippen LogP contribution in [-0.2, 0) is 0 Å². The lowest BCUT2D eigenvalue weighted by Gasteiger charge is -2.39. The van der Waals surface area contributed by atoms with E-state index in [0.29, 0.717) is 0 Å². The van der Waals surface area contributed by atoms with Gasteiger partial charge in [0, 0.05) is 31.0 Å². The average Bonchev–Trinajstić information content (AvgIpc) is 2.32. The Morgan fingerprint density at radius 3 is 2.38 bits per heavy atom. The van der Waals surface area contributed by atoms with E-state index >= 15 is 0 Å². The van der Waals surface area contributed by atoms with Crippen LogP contribution in [0, 0.1) is 0 Å². The Balaban J connectivity index is 2.01. The summed E-state index contributed by atoms with van der Waals surface area (Å²) < 4.78 is 0.924. The first-order valence-corrected chi connectivity index (χ1v) is 6.34. The number of nitrogens with one attached hydrogen (secondary N) is 1. The van der Waals surface area contributed by atoms with Crippen molar-refractivity contribution in [1.82, 2.24) is 15.3 Å². The number of rotatable bonds is 2. The zero-order valence-electron chi connectivity index (χ0n) is 9.70. The highest BCUT2D eigenvalue weighted by molar-refractivity contribution is 9.10. The standard InChI is InChI=1S/C11H17BrN4/c1-11(13-2)3-5-16(6-4-11)10-14-7-9(12)8-15-10/h7-8,13H,3-6H2,1-2H3. The van der Waals surface area contributed by atoms with Crippen LogP contribution in [-0.4, -0.2) is 35.6 Å². The Morgan fingerprint density at radius 1 is 1.31 bits per heavy atom. The highest BCUT2D eigenvalue weighted by Crippen LogP contribution is 2.23. The van der Waals surface area contributed by atoms with Gasteiger partial charge in [-0.15, -0.1) is 0 Å². The molecule has 0 aromatic carbocycles. The minimum absolute atomic E-state index is 0.270. The van der Waals surface area contributed by atoms with Crippen LogP contribution in [0.25, 0.3) is 0 Å². The first-order chi connectivity index (χ1) is 7.63. The van der Waals surface area contributed by atoms with Gasteiger partial charge in [-0.3, -0.25) is 0 Å². The molecule has 0 amide bonds. The van der Waals surface area contributed by atoms with Crippen molar-refractivity contribution in [3.63, 3.8) is 0 Å². The normalized spacial score (nSPS) is 19.8. The second-order valence-corrected chi connectivity index (χ2v) is 5.41. The van der Waals surface area contributed by atoms with Crippen molar-refractivity contribution in [3.8, 4) is 0 Å². The first kappa shape index (κ1) is 11.8. The molecule has 0 saturated carbocycles. The molecular weight excluding hydrogens is 268 g/mol. The third-order valence-electron chi connectivity index (χ3n) is 3.36. The number of nitrogens with zero attached hydrogens (tertiary/aromatic N) is 3. The quantitative estimate of drug-likeness (QED) is 0.900. The van der Waals surface area contributed by atoms with E-state index in [2.05, 4.69) is 43.0 Å². The Morgan fingerprint density at radius 2 is 1.88 bits per heavy atom. The van der Waals surface area contributed by atoms with Gasteiger partial charge in [0.1, 0.15) is 0 Å². The summed E-state index contributed by atoms with van der Waals surface area (Å²) in [4.78, 5) is 10.9. The fourth-order valence-corrected chi connectivity index (χ4v) is 2.12. The number of halogens is 1. The number of aromatic nitrogens is 2. The molecule has 0 aliphatic carbocycles. The van der Waals surface area contributed by atoms with E-state index in [0.717, 1.165) is 36.4 Å². The second-order valence-electron chi connectivity index (χ2n) is 4.50. The van der Waals surface area contributed by atoms with E-state index in [1.165, 1.54) is 0 Å². The highest BCUT2D eigenvalue weighted by Gasteiger charge is 2.29. The summed E-state index contributed by atoms with van der Waals surface area (Å²) in [6, 6.07) is 0. The van der Waals surface area contributed by atoms with Crippen molar-refractivity contribution in [1.29, 1.82) is 0 Å². The number of anilines is 1. The van der Waals surface area contributed by atoms with Crippen LogP contribution in [0.2, 0.25) is 0 Å². The van der Waals surface area contributed by atoms with Gasteiger partial charge in [-0.25, -0.2) is 9.97 Å². The van der Waals surface area contributed by atoms with Crippen molar-refractivity contribution in [3.05, 3.63) is 16.9 Å². The largest absolute Gasteiger partial charge is 0.341 e. The molecule has 2 heterocycles. The van der Waals surface area contributed by atoms with Gasteiger partial charge >= 0.3 is 0 Å². The molecule has 1 fully saturated rings. The van der Waals surface area contributed by atoms with E-state index in [4.69, 9.17) is 0 Å². The van der Waals surface area contributed by atoms with Crippen molar-refractivity contribution >= 4 is 21.9 Å². The van der Waals surface area contributed by atoms with Gasteiger partial charge in [-0.05, 0) is 42.7 Å². The van der Waals surface area contributed by atoms with Crippen molar-refractivity contribution < 1.29 is 0 Å². The Bertz CT molecular complexity index is 344. The molecule has 0 spiro atoms.